The number of imide groups is 1. The second kappa shape index (κ2) is 11.0. The Labute approximate surface area is 226 Å². The highest BCUT2D eigenvalue weighted by molar-refractivity contribution is 9.10. The Bertz CT molecular complexity index is 1510. The summed E-state index contributed by atoms with van der Waals surface area (Å²) in [4.78, 5) is 38.8. The number of amides is 3. The minimum absolute atomic E-state index is 0.269. The number of halogens is 1. The van der Waals surface area contributed by atoms with Crippen LogP contribution in [-0.2, 0) is 16.2 Å². The van der Waals surface area contributed by atoms with Crippen LogP contribution in [0.15, 0.2) is 100 Å². The largest absolute Gasteiger partial charge is 0.489 e. The third-order valence-electron chi connectivity index (χ3n) is 5.76. The standard InChI is InChI=1S/C29H21BrN2O4S/c30-22-10-12-23(13-11-22)31-27(33)17-32-28(34)26(37-29(32)35)16-19-8-14-24(15-9-19)36-18-21-6-3-5-20-4-1-2-7-25(20)21/h1-16H,17-18H2,(H,31,33)/b26-16+. The van der Waals surface area contributed by atoms with E-state index >= 15 is 0 Å². The van der Waals surface area contributed by atoms with Gasteiger partial charge in [-0.25, -0.2) is 0 Å². The number of carbonyl (C=O) groups is 3. The number of carbonyl (C=O) groups excluding carboxylic acids is 3. The summed E-state index contributed by atoms with van der Waals surface area (Å²) in [6, 6.07) is 28.7. The van der Waals surface area contributed by atoms with Gasteiger partial charge in [0.2, 0.25) is 5.91 Å². The first-order chi connectivity index (χ1) is 18.0. The van der Waals surface area contributed by atoms with E-state index < -0.39 is 17.1 Å². The molecule has 1 fully saturated rings. The quantitative estimate of drug-likeness (QED) is 0.245. The van der Waals surface area contributed by atoms with Crippen molar-refractivity contribution in [1.82, 2.24) is 4.90 Å². The van der Waals surface area contributed by atoms with Crippen molar-refractivity contribution in [3.05, 3.63) is 112 Å². The first-order valence-electron chi connectivity index (χ1n) is 11.5. The number of benzene rings is 4. The monoisotopic (exact) mass is 572 g/mol. The van der Waals surface area contributed by atoms with Crippen LogP contribution in [0.5, 0.6) is 5.75 Å². The summed E-state index contributed by atoms with van der Waals surface area (Å²) in [5, 5.41) is 4.54. The van der Waals surface area contributed by atoms with E-state index in [-0.39, 0.29) is 11.4 Å². The fourth-order valence-electron chi connectivity index (χ4n) is 3.90. The summed E-state index contributed by atoms with van der Waals surface area (Å²) >= 11 is 4.16. The molecule has 184 valence electrons. The number of anilines is 1. The van der Waals surface area contributed by atoms with Crippen LogP contribution in [0.4, 0.5) is 10.5 Å². The number of fused-ring (bicyclic) bond motifs is 1. The molecule has 0 bridgehead atoms. The Morgan fingerprint density at radius 1 is 0.919 bits per heavy atom. The maximum absolute atomic E-state index is 12.8. The Morgan fingerprint density at radius 2 is 1.65 bits per heavy atom. The molecule has 1 heterocycles. The average molecular weight is 573 g/mol. The maximum atomic E-state index is 12.8. The van der Waals surface area contributed by atoms with Crippen LogP contribution in [0.1, 0.15) is 11.1 Å². The number of thioether (sulfide) groups is 1. The van der Waals surface area contributed by atoms with Crippen LogP contribution in [0.3, 0.4) is 0 Å². The van der Waals surface area contributed by atoms with Gasteiger partial charge < -0.3 is 10.1 Å². The molecule has 0 spiro atoms. The van der Waals surface area contributed by atoms with Gasteiger partial charge in [-0.05, 0) is 76.1 Å². The fourth-order valence-corrected chi connectivity index (χ4v) is 5.01. The van der Waals surface area contributed by atoms with Gasteiger partial charge in [-0.15, -0.1) is 0 Å². The first-order valence-corrected chi connectivity index (χ1v) is 13.1. The number of rotatable bonds is 7. The molecule has 1 aliphatic heterocycles. The number of hydrogen-bond acceptors (Lipinski definition) is 5. The summed E-state index contributed by atoms with van der Waals surface area (Å²) in [5.74, 6) is -0.237. The first kappa shape index (κ1) is 24.8. The number of hydrogen-bond donors (Lipinski definition) is 1. The minimum Gasteiger partial charge on any atom is -0.489 e. The van der Waals surface area contributed by atoms with E-state index in [1.54, 1.807) is 30.3 Å². The summed E-state index contributed by atoms with van der Waals surface area (Å²) in [5.41, 5.74) is 2.43. The summed E-state index contributed by atoms with van der Waals surface area (Å²) in [6.45, 7) is 0.0843. The van der Waals surface area contributed by atoms with E-state index in [1.165, 1.54) is 5.39 Å². The lowest BCUT2D eigenvalue weighted by Crippen LogP contribution is -2.36. The van der Waals surface area contributed by atoms with Crippen LogP contribution in [0.2, 0.25) is 0 Å². The minimum atomic E-state index is -0.489. The molecule has 5 rings (SSSR count). The van der Waals surface area contributed by atoms with Gasteiger partial charge in [0.1, 0.15) is 18.9 Å². The van der Waals surface area contributed by atoms with Crippen molar-refractivity contribution in [2.24, 2.45) is 0 Å². The zero-order chi connectivity index (χ0) is 25.8. The topological polar surface area (TPSA) is 75.7 Å². The Hall–Kier alpha value is -3.88. The molecule has 3 amide bonds. The SMILES string of the molecule is O=C(CN1C(=O)S/C(=C/c2ccc(OCc3cccc4ccccc34)cc2)C1=O)Nc1ccc(Br)cc1. The molecule has 0 saturated carbocycles. The number of nitrogens with one attached hydrogen (secondary N) is 1. The van der Waals surface area contributed by atoms with Crippen molar-refractivity contribution in [3.63, 3.8) is 0 Å². The van der Waals surface area contributed by atoms with Gasteiger partial charge in [-0.2, -0.15) is 0 Å². The smallest absolute Gasteiger partial charge is 0.294 e. The molecule has 0 aromatic heterocycles. The van der Waals surface area contributed by atoms with Crippen molar-refractivity contribution in [1.29, 1.82) is 0 Å². The molecule has 1 N–H and O–H groups in total. The van der Waals surface area contributed by atoms with E-state index in [0.29, 0.717) is 18.0 Å². The molecule has 0 atom stereocenters. The Balaban J connectivity index is 1.20. The molecular formula is C29H21BrN2O4S. The molecule has 1 aliphatic rings. The lowest BCUT2D eigenvalue weighted by atomic mass is 10.1. The third-order valence-corrected chi connectivity index (χ3v) is 7.19. The van der Waals surface area contributed by atoms with E-state index in [9.17, 15) is 14.4 Å². The number of nitrogens with zero attached hydrogens (tertiary/aromatic N) is 1. The van der Waals surface area contributed by atoms with Gasteiger partial charge in [-0.1, -0.05) is 70.5 Å². The third kappa shape index (κ3) is 5.93. The summed E-state index contributed by atoms with van der Waals surface area (Å²) < 4.78 is 6.86. The lowest BCUT2D eigenvalue weighted by Gasteiger charge is -2.12. The van der Waals surface area contributed by atoms with E-state index in [0.717, 1.165) is 37.6 Å². The predicted octanol–water partition coefficient (Wildman–Crippen LogP) is 6.86. The van der Waals surface area contributed by atoms with Crippen molar-refractivity contribution in [3.8, 4) is 5.75 Å². The lowest BCUT2D eigenvalue weighted by molar-refractivity contribution is -0.127. The highest BCUT2D eigenvalue weighted by Gasteiger charge is 2.36. The zero-order valence-electron chi connectivity index (χ0n) is 19.5. The van der Waals surface area contributed by atoms with Gasteiger partial charge in [0.15, 0.2) is 0 Å². The van der Waals surface area contributed by atoms with E-state index in [1.807, 2.05) is 48.5 Å². The zero-order valence-corrected chi connectivity index (χ0v) is 21.9. The second-order valence-corrected chi connectivity index (χ2v) is 10.2. The van der Waals surface area contributed by atoms with Crippen molar-refractivity contribution in [2.75, 3.05) is 11.9 Å². The van der Waals surface area contributed by atoms with Gasteiger partial charge >= 0.3 is 0 Å². The van der Waals surface area contributed by atoms with E-state index in [2.05, 4.69) is 39.4 Å². The molecule has 0 radical (unpaired) electrons. The van der Waals surface area contributed by atoms with Crippen molar-refractivity contribution in [2.45, 2.75) is 6.61 Å². The van der Waals surface area contributed by atoms with Crippen LogP contribution in [0, 0.1) is 0 Å². The van der Waals surface area contributed by atoms with Gasteiger partial charge in [0, 0.05) is 10.2 Å². The molecule has 1 saturated heterocycles. The molecule has 0 unspecified atom stereocenters. The van der Waals surface area contributed by atoms with Crippen LogP contribution < -0.4 is 10.1 Å². The van der Waals surface area contributed by atoms with Crippen molar-refractivity contribution < 1.29 is 19.1 Å². The Kier molecular flexibility index (Phi) is 7.39. The Morgan fingerprint density at radius 3 is 2.43 bits per heavy atom. The van der Waals surface area contributed by atoms with Crippen LogP contribution in [-0.4, -0.2) is 28.5 Å². The molecule has 8 heteroatoms. The number of ether oxygens (including phenoxy) is 1. The fraction of sp³-hybridized carbons (Fsp3) is 0.0690. The van der Waals surface area contributed by atoms with Crippen molar-refractivity contribution >= 4 is 67.3 Å². The van der Waals surface area contributed by atoms with E-state index in [4.69, 9.17) is 4.74 Å². The average Bonchev–Trinajstić information content (AvgIpc) is 3.16. The molecule has 0 aliphatic carbocycles. The highest BCUT2D eigenvalue weighted by Crippen LogP contribution is 2.32. The van der Waals surface area contributed by atoms with Crippen LogP contribution in [0.25, 0.3) is 16.8 Å². The van der Waals surface area contributed by atoms with Gasteiger partial charge in [0.25, 0.3) is 11.1 Å². The van der Waals surface area contributed by atoms with Crippen LogP contribution >= 0.6 is 27.7 Å². The molecule has 6 nitrogen and oxygen atoms in total. The summed E-state index contributed by atoms with van der Waals surface area (Å²) in [7, 11) is 0. The second-order valence-electron chi connectivity index (χ2n) is 8.32. The highest BCUT2D eigenvalue weighted by atomic mass is 79.9. The normalized spacial score (nSPS) is 14.4. The molecule has 4 aromatic carbocycles. The van der Waals surface area contributed by atoms with Gasteiger partial charge in [-0.3, -0.25) is 19.3 Å². The maximum Gasteiger partial charge on any atom is 0.294 e. The molecule has 37 heavy (non-hydrogen) atoms. The molecular weight excluding hydrogens is 552 g/mol. The summed E-state index contributed by atoms with van der Waals surface area (Å²) in [6.07, 6.45) is 1.64. The predicted molar refractivity (Wildman–Crippen MR) is 150 cm³/mol. The van der Waals surface area contributed by atoms with Gasteiger partial charge in [0.05, 0.1) is 4.91 Å². The molecule has 4 aromatic rings.